The summed E-state index contributed by atoms with van der Waals surface area (Å²) in [5.41, 5.74) is 0.355. The summed E-state index contributed by atoms with van der Waals surface area (Å²) in [6, 6.07) is 11.2. The third-order valence-corrected chi connectivity index (χ3v) is 5.39. The molecule has 0 unspecified atom stereocenters. The highest BCUT2D eigenvalue weighted by atomic mass is 16.5. The highest BCUT2D eigenvalue weighted by molar-refractivity contribution is 5.93. The maximum absolute atomic E-state index is 13.2. The Morgan fingerprint density at radius 1 is 1.27 bits per heavy atom. The van der Waals surface area contributed by atoms with E-state index in [9.17, 15) is 9.90 Å². The fourth-order valence-corrected chi connectivity index (χ4v) is 3.89. The van der Waals surface area contributed by atoms with Crippen molar-refractivity contribution in [3.05, 3.63) is 53.9 Å². The standard InChI is InChI=1S/C21H28N2O3/c1-15(2)22-13-5-7-18(22)20(24)23-14-6-8-19(23)21(3,25)16-9-11-17(26-4)12-10-16/h5,7,9-13,15,19,25H,6,8,14H2,1-4H3/t19-,21-/m0/s1. The van der Waals surface area contributed by atoms with E-state index in [4.69, 9.17) is 4.74 Å². The van der Waals surface area contributed by atoms with Crippen LogP contribution < -0.4 is 4.74 Å². The summed E-state index contributed by atoms with van der Waals surface area (Å²) in [6.07, 6.45) is 3.61. The van der Waals surface area contributed by atoms with E-state index < -0.39 is 5.60 Å². The highest BCUT2D eigenvalue weighted by Gasteiger charge is 2.43. The Labute approximate surface area is 155 Å². The minimum absolute atomic E-state index is 0.0139. The van der Waals surface area contributed by atoms with Gasteiger partial charge in [-0.15, -0.1) is 0 Å². The molecule has 0 bridgehead atoms. The Morgan fingerprint density at radius 2 is 1.96 bits per heavy atom. The minimum Gasteiger partial charge on any atom is -0.497 e. The lowest BCUT2D eigenvalue weighted by molar-refractivity contribution is -0.0180. The fourth-order valence-electron chi connectivity index (χ4n) is 3.89. The molecule has 1 aromatic heterocycles. The van der Waals surface area contributed by atoms with Crippen LogP contribution in [0.3, 0.4) is 0 Å². The van der Waals surface area contributed by atoms with Crippen molar-refractivity contribution in [1.29, 1.82) is 0 Å². The summed E-state index contributed by atoms with van der Waals surface area (Å²) in [7, 11) is 1.62. The first kappa shape index (κ1) is 18.5. The quantitative estimate of drug-likeness (QED) is 0.891. The van der Waals surface area contributed by atoms with Crippen molar-refractivity contribution in [2.45, 2.75) is 51.3 Å². The molecule has 1 N–H and O–H groups in total. The van der Waals surface area contributed by atoms with Crippen LogP contribution in [0.25, 0.3) is 0 Å². The number of ether oxygens (including phenoxy) is 1. The largest absolute Gasteiger partial charge is 0.497 e. The second-order valence-corrected chi connectivity index (χ2v) is 7.43. The maximum atomic E-state index is 13.2. The third kappa shape index (κ3) is 3.23. The van der Waals surface area contributed by atoms with Gasteiger partial charge in [0.1, 0.15) is 17.0 Å². The Bertz CT molecular complexity index is 762. The summed E-state index contributed by atoms with van der Waals surface area (Å²) in [5, 5.41) is 11.3. The third-order valence-electron chi connectivity index (χ3n) is 5.39. The molecule has 0 radical (unpaired) electrons. The molecule has 1 aromatic carbocycles. The van der Waals surface area contributed by atoms with Crippen LogP contribution in [-0.2, 0) is 5.60 Å². The average molecular weight is 356 g/mol. The van der Waals surface area contributed by atoms with Crippen LogP contribution in [0.5, 0.6) is 5.75 Å². The predicted molar refractivity (Wildman–Crippen MR) is 101 cm³/mol. The van der Waals surface area contributed by atoms with E-state index in [-0.39, 0.29) is 18.0 Å². The van der Waals surface area contributed by atoms with E-state index in [2.05, 4.69) is 13.8 Å². The number of rotatable bonds is 5. The Hall–Kier alpha value is -2.27. The SMILES string of the molecule is COc1ccc([C@](C)(O)[C@@H]2CCCN2C(=O)c2cccn2C(C)C)cc1. The molecule has 5 heteroatoms. The van der Waals surface area contributed by atoms with Crippen LogP contribution in [0.1, 0.15) is 55.7 Å². The van der Waals surface area contributed by atoms with Crippen LogP contribution in [0.2, 0.25) is 0 Å². The zero-order chi connectivity index (χ0) is 18.9. The number of aliphatic hydroxyl groups is 1. The number of amides is 1. The molecule has 0 aliphatic carbocycles. The van der Waals surface area contributed by atoms with Crippen molar-refractivity contribution in [3.8, 4) is 5.75 Å². The van der Waals surface area contributed by atoms with E-state index >= 15 is 0 Å². The Morgan fingerprint density at radius 3 is 2.58 bits per heavy atom. The number of hydrogen-bond acceptors (Lipinski definition) is 3. The van der Waals surface area contributed by atoms with Crippen molar-refractivity contribution < 1.29 is 14.6 Å². The summed E-state index contributed by atoms with van der Waals surface area (Å²) in [5.74, 6) is 0.735. The van der Waals surface area contributed by atoms with E-state index in [1.165, 1.54) is 0 Å². The Kier molecular flexibility index (Phi) is 5.10. The van der Waals surface area contributed by atoms with Gasteiger partial charge in [-0.25, -0.2) is 0 Å². The molecule has 140 valence electrons. The number of hydrogen-bond donors (Lipinski definition) is 1. The van der Waals surface area contributed by atoms with Crippen LogP contribution in [0.15, 0.2) is 42.6 Å². The van der Waals surface area contributed by atoms with E-state index in [1.807, 2.05) is 52.1 Å². The van der Waals surface area contributed by atoms with Crippen LogP contribution in [0.4, 0.5) is 0 Å². The highest BCUT2D eigenvalue weighted by Crippen LogP contribution is 2.36. The molecule has 5 nitrogen and oxygen atoms in total. The number of likely N-dealkylation sites (tertiary alicyclic amines) is 1. The number of nitrogens with zero attached hydrogens (tertiary/aromatic N) is 2. The van der Waals surface area contributed by atoms with Gasteiger partial charge in [-0.1, -0.05) is 12.1 Å². The van der Waals surface area contributed by atoms with Gasteiger partial charge in [-0.2, -0.15) is 0 Å². The lowest BCUT2D eigenvalue weighted by Gasteiger charge is -2.37. The summed E-state index contributed by atoms with van der Waals surface area (Å²) >= 11 is 0. The Balaban J connectivity index is 1.88. The summed E-state index contributed by atoms with van der Waals surface area (Å²) < 4.78 is 7.19. The summed E-state index contributed by atoms with van der Waals surface area (Å²) in [6.45, 7) is 6.59. The maximum Gasteiger partial charge on any atom is 0.270 e. The number of carbonyl (C=O) groups is 1. The molecule has 2 atom stereocenters. The van der Waals surface area contributed by atoms with Crippen molar-refractivity contribution in [1.82, 2.24) is 9.47 Å². The first-order valence-corrected chi connectivity index (χ1v) is 9.21. The monoisotopic (exact) mass is 356 g/mol. The zero-order valence-electron chi connectivity index (χ0n) is 16.0. The molecule has 26 heavy (non-hydrogen) atoms. The van der Waals surface area contributed by atoms with E-state index in [0.29, 0.717) is 12.2 Å². The molecular formula is C21H28N2O3. The minimum atomic E-state index is -1.12. The molecule has 0 saturated carbocycles. The van der Waals surface area contributed by atoms with Gasteiger partial charge in [0, 0.05) is 18.8 Å². The van der Waals surface area contributed by atoms with Gasteiger partial charge in [-0.05, 0) is 63.4 Å². The lowest BCUT2D eigenvalue weighted by atomic mass is 9.86. The van der Waals surface area contributed by atoms with Crippen molar-refractivity contribution in [3.63, 3.8) is 0 Å². The van der Waals surface area contributed by atoms with Gasteiger partial charge in [0.2, 0.25) is 0 Å². The first-order valence-electron chi connectivity index (χ1n) is 9.21. The normalized spacial score (nSPS) is 19.6. The molecule has 1 fully saturated rings. The molecule has 1 aliphatic heterocycles. The molecule has 2 aromatic rings. The lowest BCUT2D eigenvalue weighted by Crippen LogP contribution is -2.48. The van der Waals surface area contributed by atoms with Crippen LogP contribution in [-0.4, -0.2) is 40.2 Å². The molecule has 1 saturated heterocycles. The molecule has 1 amide bonds. The summed E-state index contributed by atoms with van der Waals surface area (Å²) in [4.78, 5) is 15.0. The van der Waals surface area contributed by atoms with Gasteiger partial charge < -0.3 is 19.3 Å². The van der Waals surface area contributed by atoms with E-state index in [0.717, 1.165) is 24.2 Å². The second kappa shape index (κ2) is 7.16. The second-order valence-electron chi connectivity index (χ2n) is 7.43. The number of aromatic nitrogens is 1. The fraction of sp³-hybridized carbons (Fsp3) is 0.476. The van der Waals surface area contributed by atoms with Gasteiger partial charge in [-0.3, -0.25) is 4.79 Å². The van der Waals surface area contributed by atoms with Crippen LogP contribution >= 0.6 is 0 Å². The van der Waals surface area contributed by atoms with Crippen molar-refractivity contribution in [2.24, 2.45) is 0 Å². The number of benzene rings is 1. The van der Waals surface area contributed by atoms with Gasteiger partial charge >= 0.3 is 0 Å². The van der Waals surface area contributed by atoms with Gasteiger partial charge in [0.05, 0.1) is 13.2 Å². The number of methoxy groups -OCH3 is 1. The van der Waals surface area contributed by atoms with Gasteiger partial charge in [0.15, 0.2) is 0 Å². The molecule has 3 rings (SSSR count). The smallest absolute Gasteiger partial charge is 0.270 e. The molecule has 1 aliphatic rings. The molecule has 2 heterocycles. The van der Waals surface area contributed by atoms with E-state index in [1.54, 1.807) is 14.0 Å². The average Bonchev–Trinajstić information content (AvgIpc) is 3.30. The van der Waals surface area contributed by atoms with Crippen LogP contribution in [0, 0.1) is 0 Å². The van der Waals surface area contributed by atoms with Gasteiger partial charge in [0.25, 0.3) is 5.91 Å². The number of carbonyl (C=O) groups excluding carboxylic acids is 1. The zero-order valence-corrected chi connectivity index (χ0v) is 16.0. The first-order chi connectivity index (χ1) is 12.4. The topological polar surface area (TPSA) is 54.7 Å². The van der Waals surface area contributed by atoms with Crippen molar-refractivity contribution >= 4 is 5.91 Å². The molecule has 0 spiro atoms. The predicted octanol–water partition coefficient (Wildman–Crippen LogP) is 3.59. The van der Waals surface area contributed by atoms with Crippen molar-refractivity contribution in [2.75, 3.05) is 13.7 Å². The molecular weight excluding hydrogens is 328 g/mol.